The lowest BCUT2D eigenvalue weighted by Crippen LogP contribution is -2.10. The van der Waals surface area contributed by atoms with Crippen molar-refractivity contribution in [3.05, 3.63) is 72.1 Å². The molecule has 0 spiro atoms. The number of carbonyl (C=O) groups is 1. The molecular weight excluding hydrogens is 310 g/mol. The zero-order chi connectivity index (χ0) is 17.6. The zero-order valence-electron chi connectivity index (χ0n) is 14.2. The number of H-pyrrole nitrogens is 1. The Kier molecular flexibility index (Phi) is 3.46. The van der Waals surface area contributed by atoms with Gasteiger partial charge in [0.05, 0.1) is 5.56 Å². The van der Waals surface area contributed by atoms with Crippen LogP contribution < -0.4 is 5.73 Å². The first kappa shape index (κ1) is 15.3. The Labute approximate surface area is 145 Å². The molecule has 0 aliphatic rings. The van der Waals surface area contributed by atoms with E-state index in [0.29, 0.717) is 5.56 Å². The largest absolute Gasteiger partial charge is 0.366 e. The van der Waals surface area contributed by atoms with E-state index in [0.717, 1.165) is 22.5 Å². The zero-order valence-corrected chi connectivity index (χ0v) is 14.2. The molecule has 1 amide bonds. The predicted octanol–water partition coefficient (Wildman–Crippen LogP) is 4.25. The van der Waals surface area contributed by atoms with Crippen LogP contribution in [0.3, 0.4) is 0 Å². The van der Waals surface area contributed by atoms with Crippen molar-refractivity contribution in [1.29, 1.82) is 0 Å². The number of benzene rings is 2. The standard InChI is InChI=1S/C21H19N3O/c1-13-18(21(22)25)12-19(23-13)16-5-3-4-14(10-16)15-6-7-20-17(11-15)8-9-24(20)2/h3-12,23H,1-2H3,(H2,22,25). The van der Waals surface area contributed by atoms with Gasteiger partial charge in [0.1, 0.15) is 0 Å². The van der Waals surface area contributed by atoms with Gasteiger partial charge in [0.25, 0.3) is 5.91 Å². The summed E-state index contributed by atoms with van der Waals surface area (Å²) in [4.78, 5) is 14.7. The van der Waals surface area contributed by atoms with E-state index >= 15 is 0 Å². The Bertz CT molecular complexity index is 1100. The molecule has 2 heterocycles. The van der Waals surface area contributed by atoms with Crippen LogP contribution in [0.15, 0.2) is 60.8 Å². The van der Waals surface area contributed by atoms with Crippen molar-refractivity contribution in [2.45, 2.75) is 6.92 Å². The number of primary amides is 1. The van der Waals surface area contributed by atoms with Crippen LogP contribution in [0.4, 0.5) is 0 Å². The van der Waals surface area contributed by atoms with Gasteiger partial charge in [0, 0.05) is 35.5 Å². The van der Waals surface area contributed by atoms with E-state index in [1.807, 2.05) is 32.2 Å². The molecule has 0 aliphatic heterocycles. The SMILES string of the molecule is Cc1[nH]c(-c2cccc(-c3ccc4c(ccn4C)c3)c2)cc1C(N)=O. The summed E-state index contributed by atoms with van der Waals surface area (Å²) in [6.07, 6.45) is 2.07. The third kappa shape index (κ3) is 2.62. The Balaban J connectivity index is 1.78. The summed E-state index contributed by atoms with van der Waals surface area (Å²) >= 11 is 0. The van der Waals surface area contributed by atoms with Gasteiger partial charge in [-0.05, 0) is 53.9 Å². The van der Waals surface area contributed by atoms with Gasteiger partial charge in [0.2, 0.25) is 0 Å². The van der Waals surface area contributed by atoms with E-state index in [1.165, 1.54) is 16.5 Å². The molecule has 0 fully saturated rings. The fraction of sp³-hybridized carbons (Fsp3) is 0.0952. The first-order valence-corrected chi connectivity index (χ1v) is 8.18. The van der Waals surface area contributed by atoms with E-state index in [4.69, 9.17) is 5.73 Å². The van der Waals surface area contributed by atoms with Crippen LogP contribution in [0.5, 0.6) is 0 Å². The van der Waals surface area contributed by atoms with Crippen LogP contribution in [0.1, 0.15) is 16.1 Å². The number of nitrogens with one attached hydrogen (secondary N) is 1. The molecule has 2 aromatic heterocycles. The van der Waals surface area contributed by atoms with Gasteiger partial charge in [-0.25, -0.2) is 0 Å². The van der Waals surface area contributed by atoms with Gasteiger partial charge in [-0.3, -0.25) is 4.79 Å². The van der Waals surface area contributed by atoms with Gasteiger partial charge >= 0.3 is 0 Å². The predicted molar refractivity (Wildman–Crippen MR) is 101 cm³/mol. The first-order valence-electron chi connectivity index (χ1n) is 8.18. The second-order valence-electron chi connectivity index (χ2n) is 6.37. The number of aromatic amines is 1. The smallest absolute Gasteiger partial charge is 0.250 e. The van der Waals surface area contributed by atoms with Gasteiger partial charge in [0.15, 0.2) is 0 Å². The van der Waals surface area contributed by atoms with E-state index in [1.54, 1.807) is 0 Å². The summed E-state index contributed by atoms with van der Waals surface area (Å²) in [5, 5.41) is 1.22. The molecule has 3 N–H and O–H groups in total. The molecule has 0 saturated carbocycles. The van der Waals surface area contributed by atoms with E-state index < -0.39 is 5.91 Å². The summed E-state index contributed by atoms with van der Waals surface area (Å²) < 4.78 is 2.11. The van der Waals surface area contributed by atoms with Crippen molar-refractivity contribution in [1.82, 2.24) is 9.55 Å². The van der Waals surface area contributed by atoms with Crippen molar-refractivity contribution in [3.63, 3.8) is 0 Å². The quantitative estimate of drug-likeness (QED) is 0.580. The highest BCUT2D eigenvalue weighted by Gasteiger charge is 2.11. The summed E-state index contributed by atoms with van der Waals surface area (Å²) in [5.74, 6) is -0.411. The maximum Gasteiger partial charge on any atom is 0.250 e. The molecule has 0 aliphatic carbocycles. The number of aromatic nitrogens is 2. The highest BCUT2D eigenvalue weighted by atomic mass is 16.1. The lowest BCUT2D eigenvalue weighted by Gasteiger charge is -2.06. The number of fused-ring (bicyclic) bond motifs is 1. The number of nitrogens with two attached hydrogens (primary N) is 1. The molecule has 124 valence electrons. The molecule has 4 rings (SSSR count). The van der Waals surface area contributed by atoms with Crippen LogP contribution in [0.25, 0.3) is 33.3 Å². The minimum absolute atomic E-state index is 0.411. The molecule has 4 aromatic rings. The molecular formula is C21H19N3O. The van der Waals surface area contributed by atoms with E-state index in [2.05, 4.69) is 52.1 Å². The van der Waals surface area contributed by atoms with Gasteiger partial charge in [-0.2, -0.15) is 0 Å². The molecule has 25 heavy (non-hydrogen) atoms. The minimum atomic E-state index is -0.411. The Morgan fingerprint density at radius 2 is 1.76 bits per heavy atom. The number of amides is 1. The number of nitrogens with zero attached hydrogens (tertiary/aromatic N) is 1. The van der Waals surface area contributed by atoms with Crippen LogP contribution in [0.2, 0.25) is 0 Å². The number of rotatable bonds is 3. The maximum absolute atomic E-state index is 11.5. The molecule has 2 aromatic carbocycles. The van der Waals surface area contributed by atoms with Gasteiger partial charge in [-0.15, -0.1) is 0 Å². The van der Waals surface area contributed by atoms with Gasteiger partial charge in [-0.1, -0.05) is 24.3 Å². The number of hydrogen-bond donors (Lipinski definition) is 2. The molecule has 0 unspecified atom stereocenters. The minimum Gasteiger partial charge on any atom is -0.366 e. The molecule has 0 radical (unpaired) electrons. The number of aryl methyl sites for hydroxylation is 2. The van der Waals surface area contributed by atoms with Crippen molar-refractivity contribution < 1.29 is 4.79 Å². The summed E-state index contributed by atoms with van der Waals surface area (Å²) in [7, 11) is 2.05. The van der Waals surface area contributed by atoms with Gasteiger partial charge < -0.3 is 15.3 Å². The van der Waals surface area contributed by atoms with E-state index in [9.17, 15) is 4.79 Å². The maximum atomic E-state index is 11.5. The third-order valence-corrected chi connectivity index (χ3v) is 4.67. The summed E-state index contributed by atoms with van der Waals surface area (Å²) in [5.41, 5.74) is 12.2. The second kappa shape index (κ2) is 5.67. The normalized spacial score (nSPS) is 11.1. The highest BCUT2D eigenvalue weighted by Crippen LogP contribution is 2.29. The molecule has 0 bridgehead atoms. The molecule has 0 atom stereocenters. The topological polar surface area (TPSA) is 63.8 Å². The monoisotopic (exact) mass is 329 g/mol. The fourth-order valence-electron chi connectivity index (χ4n) is 3.30. The number of hydrogen-bond acceptors (Lipinski definition) is 1. The third-order valence-electron chi connectivity index (χ3n) is 4.67. The Hall–Kier alpha value is -3.27. The van der Waals surface area contributed by atoms with Crippen molar-refractivity contribution in [2.75, 3.05) is 0 Å². The van der Waals surface area contributed by atoms with Crippen molar-refractivity contribution in [2.24, 2.45) is 12.8 Å². The molecule has 0 saturated heterocycles. The molecule has 4 heteroatoms. The first-order chi connectivity index (χ1) is 12.0. The van der Waals surface area contributed by atoms with Crippen LogP contribution in [-0.2, 0) is 7.05 Å². The van der Waals surface area contributed by atoms with Crippen LogP contribution in [0, 0.1) is 6.92 Å². The lowest BCUT2D eigenvalue weighted by atomic mass is 10.0. The van der Waals surface area contributed by atoms with E-state index in [-0.39, 0.29) is 0 Å². The van der Waals surface area contributed by atoms with Crippen molar-refractivity contribution in [3.8, 4) is 22.4 Å². The van der Waals surface area contributed by atoms with Crippen LogP contribution >= 0.6 is 0 Å². The summed E-state index contributed by atoms with van der Waals surface area (Å²) in [6, 6.07) is 18.7. The average molecular weight is 329 g/mol. The number of carbonyl (C=O) groups excluding carboxylic acids is 1. The van der Waals surface area contributed by atoms with Crippen molar-refractivity contribution >= 4 is 16.8 Å². The summed E-state index contributed by atoms with van der Waals surface area (Å²) in [6.45, 7) is 1.86. The second-order valence-corrected chi connectivity index (χ2v) is 6.37. The lowest BCUT2D eigenvalue weighted by molar-refractivity contribution is 0.1000. The average Bonchev–Trinajstić information content (AvgIpc) is 3.18. The molecule has 4 nitrogen and oxygen atoms in total. The van der Waals surface area contributed by atoms with Crippen LogP contribution in [-0.4, -0.2) is 15.5 Å². The highest BCUT2D eigenvalue weighted by molar-refractivity contribution is 5.95. The Morgan fingerprint density at radius 1 is 1.00 bits per heavy atom. The fourth-order valence-corrected chi connectivity index (χ4v) is 3.30. The Morgan fingerprint density at radius 3 is 2.52 bits per heavy atom.